The lowest BCUT2D eigenvalue weighted by Crippen LogP contribution is -2.43. The van der Waals surface area contributed by atoms with Crippen molar-refractivity contribution < 1.29 is 14.6 Å². The number of carbonyl (C=O) groups is 1. The van der Waals surface area contributed by atoms with Crippen molar-refractivity contribution in [3.8, 4) is 0 Å². The zero-order chi connectivity index (χ0) is 9.07. The summed E-state index contributed by atoms with van der Waals surface area (Å²) >= 11 is 0. The van der Waals surface area contributed by atoms with E-state index in [9.17, 15) is 4.79 Å². The highest BCUT2D eigenvalue weighted by Crippen LogP contribution is 2.21. The Balaban J connectivity index is 4.38. The molecule has 0 saturated heterocycles. The van der Waals surface area contributed by atoms with E-state index in [-0.39, 0.29) is 5.92 Å². The van der Waals surface area contributed by atoms with E-state index in [1.54, 1.807) is 13.8 Å². The third-order valence-electron chi connectivity index (χ3n) is 1.97. The molecule has 0 aliphatic heterocycles. The van der Waals surface area contributed by atoms with Gasteiger partial charge in [0.1, 0.15) is 0 Å². The Morgan fingerprint density at radius 3 is 2.18 bits per heavy atom. The van der Waals surface area contributed by atoms with Gasteiger partial charge in [0.2, 0.25) is 0 Å². The molecule has 0 radical (unpaired) electrons. The van der Waals surface area contributed by atoms with E-state index in [1.165, 1.54) is 0 Å². The number of carboxylic acids is 1. The van der Waals surface area contributed by atoms with E-state index in [4.69, 9.17) is 9.84 Å². The van der Waals surface area contributed by atoms with Gasteiger partial charge in [0.05, 0.1) is 0 Å². The van der Waals surface area contributed by atoms with Gasteiger partial charge in [-0.3, -0.25) is 0 Å². The van der Waals surface area contributed by atoms with Gasteiger partial charge in [-0.05, 0) is 19.8 Å². The predicted molar refractivity (Wildman–Crippen MR) is 42.5 cm³/mol. The minimum Gasteiger partial charge on any atom is -0.479 e. The molecule has 3 heteroatoms. The summed E-state index contributed by atoms with van der Waals surface area (Å²) in [7, 11) is 0. The van der Waals surface area contributed by atoms with Crippen molar-refractivity contribution in [2.45, 2.75) is 33.3 Å². The number of carboxylic acid groups (broad SMARTS) is 1. The SMILES string of the molecule is CCOC(C)(C(=O)O)C(C)C. The van der Waals surface area contributed by atoms with E-state index < -0.39 is 11.6 Å². The molecule has 0 aliphatic rings. The van der Waals surface area contributed by atoms with E-state index in [2.05, 4.69) is 0 Å². The van der Waals surface area contributed by atoms with Crippen LogP contribution in [0.4, 0.5) is 0 Å². The van der Waals surface area contributed by atoms with Crippen molar-refractivity contribution in [2.75, 3.05) is 6.61 Å². The fourth-order valence-electron chi connectivity index (χ4n) is 0.775. The highest BCUT2D eigenvalue weighted by Gasteiger charge is 2.37. The van der Waals surface area contributed by atoms with Gasteiger partial charge in [-0.2, -0.15) is 0 Å². The van der Waals surface area contributed by atoms with Gasteiger partial charge < -0.3 is 9.84 Å². The van der Waals surface area contributed by atoms with Crippen LogP contribution in [0.1, 0.15) is 27.7 Å². The Hall–Kier alpha value is -0.570. The maximum absolute atomic E-state index is 10.7. The quantitative estimate of drug-likeness (QED) is 0.678. The molecular formula is C8H16O3. The zero-order valence-electron chi connectivity index (χ0n) is 7.55. The van der Waals surface area contributed by atoms with Gasteiger partial charge in [-0.25, -0.2) is 4.79 Å². The van der Waals surface area contributed by atoms with Crippen LogP contribution in [0.3, 0.4) is 0 Å². The fraction of sp³-hybridized carbons (Fsp3) is 0.875. The van der Waals surface area contributed by atoms with Crippen molar-refractivity contribution in [2.24, 2.45) is 5.92 Å². The average molecular weight is 160 g/mol. The standard InChI is InChI=1S/C8H16O3/c1-5-11-8(4,6(2)3)7(9)10/h6H,5H2,1-4H3,(H,9,10). The van der Waals surface area contributed by atoms with Gasteiger partial charge in [0, 0.05) is 6.61 Å². The normalized spacial score (nSPS) is 16.5. The number of hydrogen-bond acceptors (Lipinski definition) is 2. The first kappa shape index (κ1) is 10.4. The van der Waals surface area contributed by atoms with E-state index in [0.717, 1.165) is 0 Å². The Bertz CT molecular complexity index is 142. The summed E-state index contributed by atoms with van der Waals surface area (Å²) in [5.74, 6) is -0.908. The van der Waals surface area contributed by atoms with Crippen molar-refractivity contribution in [1.82, 2.24) is 0 Å². The molecule has 0 aliphatic carbocycles. The molecule has 3 nitrogen and oxygen atoms in total. The van der Waals surface area contributed by atoms with Gasteiger partial charge in [-0.15, -0.1) is 0 Å². The summed E-state index contributed by atoms with van der Waals surface area (Å²) in [5, 5.41) is 8.81. The van der Waals surface area contributed by atoms with Crippen LogP contribution in [-0.4, -0.2) is 23.3 Å². The first-order valence-electron chi connectivity index (χ1n) is 3.82. The molecule has 0 saturated carbocycles. The second-order valence-corrected chi connectivity index (χ2v) is 3.00. The molecule has 11 heavy (non-hydrogen) atoms. The van der Waals surface area contributed by atoms with Crippen molar-refractivity contribution >= 4 is 5.97 Å². The molecule has 1 atom stereocenters. The largest absolute Gasteiger partial charge is 0.479 e. The molecule has 0 fully saturated rings. The van der Waals surface area contributed by atoms with E-state index >= 15 is 0 Å². The highest BCUT2D eigenvalue weighted by atomic mass is 16.5. The Labute approximate surface area is 67.4 Å². The van der Waals surface area contributed by atoms with Crippen LogP contribution < -0.4 is 0 Å². The monoisotopic (exact) mass is 160 g/mol. The summed E-state index contributed by atoms with van der Waals surface area (Å²) in [6.45, 7) is 7.50. The van der Waals surface area contributed by atoms with Crippen LogP contribution in [0.5, 0.6) is 0 Å². The van der Waals surface area contributed by atoms with Gasteiger partial charge in [0.25, 0.3) is 0 Å². The molecule has 0 spiro atoms. The first-order valence-corrected chi connectivity index (χ1v) is 3.82. The lowest BCUT2D eigenvalue weighted by molar-refractivity contribution is -0.169. The maximum atomic E-state index is 10.7. The molecule has 1 N–H and O–H groups in total. The molecule has 1 unspecified atom stereocenters. The van der Waals surface area contributed by atoms with Crippen LogP contribution in [0, 0.1) is 5.92 Å². The molecule has 0 heterocycles. The second-order valence-electron chi connectivity index (χ2n) is 3.00. The van der Waals surface area contributed by atoms with Gasteiger partial charge in [-0.1, -0.05) is 13.8 Å². The third kappa shape index (κ3) is 2.19. The predicted octanol–water partition coefficient (Wildman–Crippen LogP) is 1.52. The van der Waals surface area contributed by atoms with E-state index in [1.807, 2.05) is 13.8 Å². The summed E-state index contributed by atoms with van der Waals surface area (Å²) in [6, 6.07) is 0. The molecule has 0 rings (SSSR count). The Morgan fingerprint density at radius 2 is 2.09 bits per heavy atom. The second kappa shape index (κ2) is 3.72. The van der Waals surface area contributed by atoms with Crippen LogP contribution in [0.25, 0.3) is 0 Å². The molecule has 66 valence electrons. The number of aliphatic carboxylic acids is 1. The first-order chi connectivity index (χ1) is 4.95. The van der Waals surface area contributed by atoms with E-state index in [0.29, 0.717) is 6.61 Å². The number of rotatable bonds is 4. The number of hydrogen-bond donors (Lipinski definition) is 1. The fourth-order valence-corrected chi connectivity index (χ4v) is 0.775. The lowest BCUT2D eigenvalue weighted by atomic mass is 9.92. The lowest BCUT2D eigenvalue weighted by Gasteiger charge is -2.28. The highest BCUT2D eigenvalue weighted by molar-refractivity contribution is 5.77. The average Bonchev–Trinajstić information content (AvgIpc) is 1.87. The Morgan fingerprint density at radius 1 is 1.64 bits per heavy atom. The zero-order valence-corrected chi connectivity index (χ0v) is 7.55. The Kier molecular flexibility index (Phi) is 3.52. The summed E-state index contributed by atoms with van der Waals surface area (Å²) in [4.78, 5) is 10.7. The molecular weight excluding hydrogens is 144 g/mol. The summed E-state index contributed by atoms with van der Waals surface area (Å²) < 4.78 is 5.15. The molecule has 0 aromatic carbocycles. The van der Waals surface area contributed by atoms with Crippen molar-refractivity contribution in [3.63, 3.8) is 0 Å². The molecule has 0 aromatic heterocycles. The van der Waals surface area contributed by atoms with Crippen LogP contribution in [-0.2, 0) is 9.53 Å². The smallest absolute Gasteiger partial charge is 0.335 e. The van der Waals surface area contributed by atoms with Crippen LogP contribution in [0.2, 0.25) is 0 Å². The van der Waals surface area contributed by atoms with Crippen LogP contribution >= 0.6 is 0 Å². The van der Waals surface area contributed by atoms with Crippen molar-refractivity contribution in [3.05, 3.63) is 0 Å². The van der Waals surface area contributed by atoms with Gasteiger partial charge in [0.15, 0.2) is 5.60 Å². The molecule has 0 bridgehead atoms. The molecule has 0 amide bonds. The van der Waals surface area contributed by atoms with Crippen LogP contribution in [0.15, 0.2) is 0 Å². The summed E-state index contributed by atoms with van der Waals surface area (Å²) in [6.07, 6.45) is 0. The minimum absolute atomic E-state index is 0.0139. The minimum atomic E-state index is -1.03. The maximum Gasteiger partial charge on any atom is 0.335 e. The van der Waals surface area contributed by atoms with Gasteiger partial charge >= 0.3 is 5.97 Å². The van der Waals surface area contributed by atoms with Crippen molar-refractivity contribution in [1.29, 1.82) is 0 Å². The topological polar surface area (TPSA) is 46.5 Å². The summed E-state index contributed by atoms with van der Waals surface area (Å²) in [5.41, 5.74) is -1.03. The molecule has 0 aromatic rings. The third-order valence-corrected chi connectivity index (χ3v) is 1.97. The number of ether oxygens (including phenoxy) is 1.